The maximum Gasteiger partial charge on any atom is 0.218 e. The normalized spacial score (nSPS) is 9.88. The molecule has 0 aliphatic heterocycles. The Balaban J connectivity index is 2.73. The summed E-state index contributed by atoms with van der Waals surface area (Å²) < 4.78 is 5.51. The van der Waals surface area contributed by atoms with Crippen LogP contribution in [-0.4, -0.2) is 23.1 Å². The first kappa shape index (κ1) is 12.5. The molecule has 0 aliphatic rings. The van der Waals surface area contributed by atoms with Gasteiger partial charge in [-0.15, -0.1) is 6.58 Å². The molecule has 1 N–H and O–H groups in total. The summed E-state index contributed by atoms with van der Waals surface area (Å²) in [5.41, 5.74) is 0. The molecule has 1 rings (SSSR count). The predicted molar refractivity (Wildman–Crippen MR) is 65.9 cm³/mol. The van der Waals surface area contributed by atoms with Gasteiger partial charge in [-0.2, -0.15) is 4.98 Å². The van der Waals surface area contributed by atoms with E-state index in [4.69, 9.17) is 4.74 Å². The standard InChI is InChI=1S/C12H19N3O/c1-4-7-8-16-12-9-11(13-6-3)14-10(5-2)15-12/h4,9H,1,5-8H2,2-3H3,(H,13,14,15). The zero-order valence-electron chi connectivity index (χ0n) is 9.99. The molecule has 88 valence electrons. The summed E-state index contributed by atoms with van der Waals surface area (Å²) in [5.74, 6) is 2.25. The van der Waals surface area contributed by atoms with E-state index in [1.807, 2.05) is 26.0 Å². The van der Waals surface area contributed by atoms with Crippen molar-refractivity contribution in [3.63, 3.8) is 0 Å². The van der Waals surface area contributed by atoms with E-state index in [2.05, 4.69) is 21.9 Å². The first-order valence-corrected chi connectivity index (χ1v) is 5.65. The summed E-state index contributed by atoms with van der Waals surface area (Å²) in [6.45, 7) is 9.15. The second-order valence-corrected chi connectivity index (χ2v) is 3.32. The zero-order valence-corrected chi connectivity index (χ0v) is 9.99. The Morgan fingerprint density at radius 1 is 1.44 bits per heavy atom. The largest absolute Gasteiger partial charge is 0.477 e. The third kappa shape index (κ3) is 3.88. The molecule has 0 unspecified atom stereocenters. The van der Waals surface area contributed by atoms with Gasteiger partial charge in [0.2, 0.25) is 5.88 Å². The summed E-state index contributed by atoms with van der Waals surface area (Å²) in [6.07, 6.45) is 3.45. The van der Waals surface area contributed by atoms with Crippen LogP contribution in [0, 0.1) is 0 Å². The number of nitrogens with zero attached hydrogens (tertiary/aromatic N) is 2. The lowest BCUT2D eigenvalue weighted by atomic mass is 10.4. The number of hydrogen-bond acceptors (Lipinski definition) is 4. The van der Waals surface area contributed by atoms with Gasteiger partial charge >= 0.3 is 0 Å². The highest BCUT2D eigenvalue weighted by Crippen LogP contribution is 2.14. The van der Waals surface area contributed by atoms with Gasteiger partial charge in [0.25, 0.3) is 0 Å². The van der Waals surface area contributed by atoms with Gasteiger partial charge in [0.05, 0.1) is 6.61 Å². The van der Waals surface area contributed by atoms with E-state index >= 15 is 0 Å². The number of aryl methyl sites for hydroxylation is 1. The average Bonchev–Trinajstić information content (AvgIpc) is 2.29. The van der Waals surface area contributed by atoms with Crippen molar-refractivity contribution >= 4 is 5.82 Å². The zero-order chi connectivity index (χ0) is 11.8. The maximum absolute atomic E-state index is 5.51. The molecule has 0 fully saturated rings. The molecule has 0 aliphatic carbocycles. The molecular formula is C12H19N3O. The highest BCUT2D eigenvalue weighted by molar-refractivity contribution is 5.38. The molecule has 1 heterocycles. The van der Waals surface area contributed by atoms with Crippen LogP contribution >= 0.6 is 0 Å². The topological polar surface area (TPSA) is 47.0 Å². The lowest BCUT2D eigenvalue weighted by Gasteiger charge is -2.08. The van der Waals surface area contributed by atoms with Gasteiger partial charge in [0.15, 0.2) is 0 Å². The van der Waals surface area contributed by atoms with Crippen LogP contribution in [0.3, 0.4) is 0 Å². The first-order valence-electron chi connectivity index (χ1n) is 5.65. The van der Waals surface area contributed by atoms with Gasteiger partial charge in [0, 0.05) is 19.0 Å². The summed E-state index contributed by atoms with van der Waals surface area (Å²) in [5, 5.41) is 3.16. The smallest absolute Gasteiger partial charge is 0.218 e. The molecule has 0 atom stereocenters. The third-order valence-corrected chi connectivity index (χ3v) is 1.99. The van der Waals surface area contributed by atoms with E-state index in [1.54, 1.807) is 0 Å². The van der Waals surface area contributed by atoms with Gasteiger partial charge < -0.3 is 10.1 Å². The van der Waals surface area contributed by atoms with Crippen LogP contribution in [-0.2, 0) is 6.42 Å². The summed E-state index contributed by atoms with van der Waals surface area (Å²) in [6, 6.07) is 1.83. The van der Waals surface area contributed by atoms with Crippen molar-refractivity contribution in [2.24, 2.45) is 0 Å². The van der Waals surface area contributed by atoms with Gasteiger partial charge in [-0.1, -0.05) is 13.0 Å². The van der Waals surface area contributed by atoms with E-state index in [-0.39, 0.29) is 0 Å². The molecule has 0 amide bonds. The first-order chi connectivity index (χ1) is 7.80. The van der Waals surface area contributed by atoms with Crippen LogP contribution in [0.2, 0.25) is 0 Å². The van der Waals surface area contributed by atoms with Crippen LogP contribution in [0.4, 0.5) is 5.82 Å². The van der Waals surface area contributed by atoms with E-state index in [0.29, 0.717) is 12.5 Å². The fourth-order valence-electron chi connectivity index (χ4n) is 1.22. The average molecular weight is 221 g/mol. The lowest BCUT2D eigenvalue weighted by molar-refractivity contribution is 0.311. The monoisotopic (exact) mass is 221 g/mol. The maximum atomic E-state index is 5.51. The van der Waals surface area contributed by atoms with Crippen molar-refractivity contribution in [2.45, 2.75) is 26.7 Å². The number of ether oxygens (including phenoxy) is 1. The number of rotatable bonds is 7. The fraction of sp³-hybridized carbons (Fsp3) is 0.500. The van der Waals surface area contributed by atoms with Crippen molar-refractivity contribution in [1.82, 2.24) is 9.97 Å². The van der Waals surface area contributed by atoms with E-state index < -0.39 is 0 Å². The highest BCUT2D eigenvalue weighted by Gasteiger charge is 2.03. The number of aromatic nitrogens is 2. The van der Waals surface area contributed by atoms with Crippen molar-refractivity contribution in [3.8, 4) is 5.88 Å². The molecule has 0 radical (unpaired) electrons. The van der Waals surface area contributed by atoms with Crippen LogP contribution < -0.4 is 10.1 Å². The molecule has 1 aromatic heterocycles. The Hall–Kier alpha value is -1.58. The molecule has 4 heteroatoms. The molecular weight excluding hydrogens is 202 g/mol. The van der Waals surface area contributed by atoms with Gasteiger partial charge in [-0.25, -0.2) is 4.98 Å². The van der Waals surface area contributed by atoms with Crippen molar-refractivity contribution in [3.05, 3.63) is 24.5 Å². The Morgan fingerprint density at radius 2 is 2.25 bits per heavy atom. The van der Waals surface area contributed by atoms with Gasteiger partial charge in [-0.05, 0) is 13.3 Å². The minimum atomic E-state index is 0.606. The molecule has 0 bridgehead atoms. The molecule has 16 heavy (non-hydrogen) atoms. The second kappa shape index (κ2) is 6.82. The fourth-order valence-corrected chi connectivity index (χ4v) is 1.22. The Kier molecular flexibility index (Phi) is 5.32. The minimum absolute atomic E-state index is 0.606. The molecule has 1 aromatic rings. The van der Waals surface area contributed by atoms with Crippen molar-refractivity contribution in [1.29, 1.82) is 0 Å². The molecule has 0 spiro atoms. The Bertz CT molecular complexity index is 339. The quantitative estimate of drug-likeness (QED) is 0.567. The van der Waals surface area contributed by atoms with Crippen molar-refractivity contribution < 1.29 is 4.74 Å². The number of hydrogen-bond donors (Lipinski definition) is 1. The van der Waals surface area contributed by atoms with Crippen LogP contribution in [0.1, 0.15) is 26.1 Å². The van der Waals surface area contributed by atoms with E-state index in [1.165, 1.54) is 0 Å². The van der Waals surface area contributed by atoms with Crippen molar-refractivity contribution in [2.75, 3.05) is 18.5 Å². The highest BCUT2D eigenvalue weighted by atomic mass is 16.5. The van der Waals surface area contributed by atoms with Crippen LogP contribution in [0.25, 0.3) is 0 Å². The van der Waals surface area contributed by atoms with Crippen LogP contribution in [0.5, 0.6) is 5.88 Å². The molecule has 0 saturated carbocycles. The summed E-state index contributed by atoms with van der Waals surface area (Å²) in [4.78, 5) is 8.65. The van der Waals surface area contributed by atoms with E-state index in [9.17, 15) is 0 Å². The van der Waals surface area contributed by atoms with Gasteiger partial charge in [-0.3, -0.25) is 0 Å². The SMILES string of the molecule is C=CCCOc1cc(NCC)nc(CC)n1. The predicted octanol–water partition coefficient (Wildman–Crippen LogP) is 2.43. The van der Waals surface area contributed by atoms with Gasteiger partial charge in [0.1, 0.15) is 11.6 Å². The number of nitrogens with one attached hydrogen (secondary N) is 1. The summed E-state index contributed by atoms with van der Waals surface area (Å²) in [7, 11) is 0. The number of anilines is 1. The molecule has 0 saturated heterocycles. The minimum Gasteiger partial charge on any atom is -0.477 e. The lowest BCUT2D eigenvalue weighted by Crippen LogP contribution is -2.06. The second-order valence-electron chi connectivity index (χ2n) is 3.32. The Labute approximate surface area is 96.8 Å². The third-order valence-electron chi connectivity index (χ3n) is 1.99. The summed E-state index contributed by atoms with van der Waals surface area (Å²) >= 11 is 0. The Morgan fingerprint density at radius 3 is 2.88 bits per heavy atom. The van der Waals surface area contributed by atoms with Crippen LogP contribution in [0.15, 0.2) is 18.7 Å². The molecule has 0 aromatic carbocycles. The molecule has 4 nitrogen and oxygen atoms in total. The van der Waals surface area contributed by atoms with E-state index in [0.717, 1.165) is 31.0 Å².